The molecule has 0 bridgehead atoms. The van der Waals surface area contributed by atoms with E-state index in [4.69, 9.17) is 9.47 Å². The fraction of sp³-hybridized carbons (Fsp3) is 0.389. The summed E-state index contributed by atoms with van der Waals surface area (Å²) in [6, 6.07) is 5.18. The molecular weight excluding hydrogens is 408 g/mol. The average Bonchev–Trinajstić information content (AvgIpc) is 3.16. The number of aromatic nitrogens is 5. The van der Waals surface area contributed by atoms with Gasteiger partial charge >= 0.3 is 0 Å². The van der Waals surface area contributed by atoms with E-state index in [1.165, 1.54) is 23.4 Å². The van der Waals surface area contributed by atoms with Crippen molar-refractivity contribution < 1.29 is 14.3 Å². The largest absolute Gasteiger partial charge is 0.497 e. The number of hydrogen-bond acceptors (Lipinski definition) is 10. The Hall–Kier alpha value is -3.28. The summed E-state index contributed by atoms with van der Waals surface area (Å²) in [5.74, 6) is 2.46. The van der Waals surface area contributed by atoms with Crippen molar-refractivity contribution in [3.8, 4) is 11.5 Å². The van der Waals surface area contributed by atoms with Gasteiger partial charge in [-0.2, -0.15) is 19.5 Å². The third-order valence-electron chi connectivity index (χ3n) is 3.87. The molecular formula is C18H24N8O3S. The summed E-state index contributed by atoms with van der Waals surface area (Å²) in [7, 11) is 3.10. The number of rotatable bonds is 10. The molecule has 1 aromatic carbocycles. The molecule has 30 heavy (non-hydrogen) atoms. The van der Waals surface area contributed by atoms with Crippen molar-refractivity contribution in [1.29, 1.82) is 0 Å². The van der Waals surface area contributed by atoms with E-state index in [9.17, 15) is 4.79 Å². The predicted molar refractivity (Wildman–Crippen MR) is 116 cm³/mol. The molecule has 2 heterocycles. The first-order valence-corrected chi connectivity index (χ1v) is 10.3. The van der Waals surface area contributed by atoms with Gasteiger partial charge in [0.05, 0.1) is 25.7 Å². The van der Waals surface area contributed by atoms with Gasteiger partial charge < -0.3 is 25.4 Å². The summed E-state index contributed by atoms with van der Waals surface area (Å²) in [4.78, 5) is 25.5. The topological polar surface area (TPSA) is 128 Å². The van der Waals surface area contributed by atoms with Crippen LogP contribution in [0, 0.1) is 0 Å². The van der Waals surface area contributed by atoms with Crippen LogP contribution in [0.4, 0.5) is 17.6 Å². The van der Waals surface area contributed by atoms with Crippen LogP contribution >= 0.6 is 11.8 Å². The highest BCUT2D eigenvalue weighted by Gasteiger charge is 2.15. The van der Waals surface area contributed by atoms with E-state index < -0.39 is 0 Å². The Morgan fingerprint density at radius 3 is 2.60 bits per heavy atom. The maximum absolute atomic E-state index is 12.4. The molecule has 0 aliphatic heterocycles. The average molecular weight is 433 g/mol. The second kappa shape index (κ2) is 9.96. The molecule has 3 rings (SSSR count). The van der Waals surface area contributed by atoms with Crippen molar-refractivity contribution in [2.24, 2.45) is 0 Å². The minimum Gasteiger partial charge on any atom is -0.497 e. The van der Waals surface area contributed by atoms with Crippen molar-refractivity contribution in [1.82, 2.24) is 24.6 Å². The molecule has 0 radical (unpaired) electrons. The lowest BCUT2D eigenvalue weighted by Crippen LogP contribution is -2.14. The maximum Gasteiger partial charge on any atom is 0.259 e. The number of anilines is 3. The van der Waals surface area contributed by atoms with Gasteiger partial charge in [0.15, 0.2) is 0 Å². The van der Waals surface area contributed by atoms with Crippen LogP contribution in [-0.4, -0.2) is 63.5 Å². The summed E-state index contributed by atoms with van der Waals surface area (Å²) >= 11 is 1.20. The molecule has 0 aliphatic rings. The number of ether oxygens (including phenoxy) is 2. The molecule has 1 amide bonds. The number of benzene rings is 1. The van der Waals surface area contributed by atoms with E-state index in [1.807, 2.05) is 13.8 Å². The highest BCUT2D eigenvalue weighted by Crippen LogP contribution is 2.29. The fourth-order valence-electron chi connectivity index (χ4n) is 2.56. The van der Waals surface area contributed by atoms with Gasteiger partial charge in [-0.05, 0) is 26.0 Å². The molecule has 3 N–H and O–H groups in total. The molecule has 0 aliphatic carbocycles. The van der Waals surface area contributed by atoms with Gasteiger partial charge in [-0.25, -0.2) is 0 Å². The smallest absolute Gasteiger partial charge is 0.259 e. The number of hydrogen-bond donors (Lipinski definition) is 3. The van der Waals surface area contributed by atoms with Crippen molar-refractivity contribution in [2.75, 3.05) is 49.0 Å². The van der Waals surface area contributed by atoms with Gasteiger partial charge in [-0.3, -0.25) is 4.79 Å². The first-order valence-electron chi connectivity index (χ1n) is 9.35. The van der Waals surface area contributed by atoms with E-state index in [-0.39, 0.29) is 11.7 Å². The monoisotopic (exact) mass is 432 g/mol. The lowest BCUT2D eigenvalue weighted by Gasteiger charge is -2.11. The lowest BCUT2D eigenvalue weighted by atomic mass is 10.2. The highest BCUT2D eigenvalue weighted by molar-refractivity contribution is 7.99. The van der Waals surface area contributed by atoms with E-state index in [0.717, 1.165) is 0 Å². The van der Waals surface area contributed by atoms with Crippen LogP contribution in [0.1, 0.15) is 13.8 Å². The van der Waals surface area contributed by atoms with Crippen LogP contribution in [0.15, 0.2) is 23.4 Å². The Bertz CT molecular complexity index is 1030. The fourth-order valence-corrected chi connectivity index (χ4v) is 3.17. The van der Waals surface area contributed by atoms with E-state index in [1.54, 1.807) is 25.3 Å². The molecule has 0 atom stereocenters. The van der Waals surface area contributed by atoms with Crippen molar-refractivity contribution in [2.45, 2.75) is 19.0 Å². The van der Waals surface area contributed by atoms with Crippen LogP contribution < -0.4 is 25.4 Å². The number of nitrogens with zero attached hydrogens (tertiary/aromatic N) is 5. The van der Waals surface area contributed by atoms with E-state index in [0.29, 0.717) is 53.1 Å². The summed E-state index contributed by atoms with van der Waals surface area (Å²) in [6.07, 6.45) is 0. The SMILES string of the molecule is CCNc1nc(NCC)n2nc(SCC(=O)Nc3ccc(OC)cc3OC)nc2n1. The maximum atomic E-state index is 12.4. The van der Waals surface area contributed by atoms with Crippen LogP contribution in [0.3, 0.4) is 0 Å². The molecule has 2 aromatic heterocycles. The Kier molecular flexibility index (Phi) is 7.12. The normalized spacial score (nSPS) is 10.7. The van der Waals surface area contributed by atoms with Crippen LogP contribution in [0.5, 0.6) is 11.5 Å². The second-order valence-corrected chi connectivity index (χ2v) is 6.88. The number of fused-ring (bicyclic) bond motifs is 1. The van der Waals surface area contributed by atoms with Crippen LogP contribution in [0.2, 0.25) is 0 Å². The minimum atomic E-state index is -0.214. The molecule has 160 valence electrons. The zero-order valence-electron chi connectivity index (χ0n) is 17.2. The molecule has 0 saturated carbocycles. The number of amides is 1. The van der Waals surface area contributed by atoms with Crippen LogP contribution in [0.25, 0.3) is 5.78 Å². The number of nitrogens with one attached hydrogen (secondary N) is 3. The third-order valence-corrected chi connectivity index (χ3v) is 4.71. The molecule has 0 saturated heterocycles. The Morgan fingerprint density at radius 2 is 1.90 bits per heavy atom. The first kappa shape index (κ1) is 21.4. The zero-order valence-corrected chi connectivity index (χ0v) is 18.0. The van der Waals surface area contributed by atoms with Gasteiger partial charge in [0.2, 0.25) is 23.0 Å². The summed E-state index contributed by atoms with van der Waals surface area (Å²) in [5, 5.41) is 13.9. The van der Waals surface area contributed by atoms with Gasteiger partial charge in [0, 0.05) is 19.2 Å². The van der Waals surface area contributed by atoms with Crippen molar-refractivity contribution in [3.05, 3.63) is 18.2 Å². The quantitative estimate of drug-likeness (QED) is 0.410. The van der Waals surface area contributed by atoms with Gasteiger partial charge in [0.1, 0.15) is 11.5 Å². The van der Waals surface area contributed by atoms with E-state index >= 15 is 0 Å². The highest BCUT2D eigenvalue weighted by atomic mass is 32.2. The van der Waals surface area contributed by atoms with E-state index in [2.05, 4.69) is 36.0 Å². The van der Waals surface area contributed by atoms with Crippen LogP contribution in [-0.2, 0) is 4.79 Å². The molecule has 0 spiro atoms. The minimum absolute atomic E-state index is 0.121. The molecule has 12 heteroatoms. The second-order valence-electron chi connectivity index (χ2n) is 5.94. The molecule has 11 nitrogen and oxygen atoms in total. The Labute approximate surface area is 178 Å². The number of carbonyl (C=O) groups is 1. The Morgan fingerprint density at radius 1 is 1.10 bits per heavy atom. The number of thioether (sulfide) groups is 1. The summed E-state index contributed by atoms with van der Waals surface area (Å²) < 4.78 is 12.0. The van der Waals surface area contributed by atoms with Crippen molar-refractivity contribution in [3.63, 3.8) is 0 Å². The predicted octanol–water partition coefficient (Wildman–Crippen LogP) is 2.13. The number of carbonyl (C=O) groups excluding carboxylic acids is 1. The van der Waals surface area contributed by atoms with Crippen molar-refractivity contribution >= 4 is 41.0 Å². The molecule has 0 unspecified atom stereocenters. The summed E-state index contributed by atoms with van der Waals surface area (Å²) in [5.41, 5.74) is 0.558. The Balaban J connectivity index is 1.71. The first-order chi connectivity index (χ1) is 14.6. The number of methoxy groups -OCH3 is 2. The molecule has 0 fully saturated rings. The van der Waals surface area contributed by atoms with Gasteiger partial charge in [-0.1, -0.05) is 11.8 Å². The summed E-state index contributed by atoms with van der Waals surface area (Å²) in [6.45, 7) is 5.28. The zero-order chi connectivity index (χ0) is 21.5. The standard InChI is InChI=1S/C18H24N8O3S/c1-5-19-15-22-16(20-6-2)26-17(23-15)24-18(25-26)30-10-14(27)21-12-8-7-11(28-3)9-13(12)29-4/h7-9H,5-6,10H2,1-4H3,(H,21,27)(H2,19,20,22,23,24,25). The molecule has 3 aromatic rings. The lowest BCUT2D eigenvalue weighted by molar-refractivity contribution is -0.113. The third kappa shape index (κ3) is 5.00. The van der Waals surface area contributed by atoms with Gasteiger partial charge in [0.25, 0.3) is 5.78 Å². The van der Waals surface area contributed by atoms with Gasteiger partial charge in [-0.15, -0.1) is 5.10 Å².